The van der Waals surface area contributed by atoms with Gasteiger partial charge in [0.1, 0.15) is 60.6 Å². The number of ether oxygens (including phenoxy) is 4. The first-order chi connectivity index (χ1) is 28.4. The Balaban J connectivity index is 1.02. The number of aromatic nitrogens is 2. The lowest BCUT2D eigenvalue weighted by molar-refractivity contribution is 0.111. The Morgan fingerprint density at radius 1 is 0.621 bits per heavy atom. The molecular weight excluding hydrogens is 775 g/mol. The molecule has 2 aliphatic carbocycles. The average Bonchev–Trinajstić information content (AvgIpc) is 3.87. The summed E-state index contributed by atoms with van der Waals surface area (Å²) in [6.45, 7) is -0.0256. The number of halogens is 2. The van der Waals surface area contributed by atoms with Gasteiger partial charge in [-0.05, 0) is 95.5 Å². The number of carbonyl (C=O) groups excluding carboxylic acids is 2. The van der Waals surface area contributed by atoms with Crippen molar-refractivity contribution in [2.45, 2.75) is 51.1 Å². The molecule has 10 nitrogen and oxygen atoms in total. The summed E-state index contributed by atoms with van der Waals surface area (Å²) in [7, 11) is 0. The second-order valence-electron chi connectivity index (χ2n) is 13.7. The molecular formula is C46H32Cl2N4O6. The van der Waals surface area contributed by atoms with Crippen LogP contribution in [0.2, 0.25) is 10.0 Å². The fourth-order valence-corrected chi connectivity index (χ4v) is 8.04. The van der Waals surface area contributed by atoms with Crippen molar-refractivity contribution in [3.05, 3.63) is 163 Å². The van der Waals surface area contributed by atoms with Crippen LogP contribution in [0.4, 0.5) is 0 Å². The highest BCUT2D eigenvalue weighted by atomic mass is 35.5. The van der Waals surface area contributed by atoms with E-state index in [0.717, 1.165) is 35.1 Å². The zero-order valence-corrected chi connectivity index (χ0v) is 32.3. The molecule has 0 spiro atoms. The highest BCUT2D eigenvalue weighted by Crippen LogP contribution is 2.47. The predicted molar refractivity (Wildman–Crippen MR) is 216 cm³/mol. The number of aldehydes is 2. The molecule has 4 aromatic carbocycles. The SMILES string of the molecule is N#Cc1cccnc1COc1cc(O[C@H]2CCc3c(-c4cccc5c4CC[C@@H]5Oc4cc(OCc5ncccc5C#N)c(C=O)cc4Cl)cccc32)c(Cl)cc1C=O. The first-order valence-electron chi connectivity index (χ1n) is 18.5. The number of rotatable bonds is 13. The minimum atomic E-state index is -0.298. The Kier molecular flexibility index (Phi) is 11.0. The molecule has 0 unspecified atom stereocenters. The maximum Gasteiger partial charge on any atom is 0.153 e. The van der Waals surface area contributed by atoms with Crippen LogP contribution >= 0.6 is 23.2 Å². The molecule has 6 aromatic rings. The van der Waals surface area contributed by atoms with Crippen molar-refractivity contribution in [2.24, 2.45) is 0 Å². The quantitative estimate of drug-likeness (QED) is 0.103. The van der Waals surface area contributed by atoms with Crippen LogP contribution in [-0.2, 0) is 26.1 Å². The molecule has 12 heteroatoms. The van der Waals surface area contributed by atoms with E-state index in [-0.39, 0.29) is 58.1 Å². The number of nitriles is 2. The van der Waals surface area contributed by atoms with Gasteiger partial charge >= 0.3 is 0 Å². The first-order valence-corrected chi connectivity index (χ1v) is 19.2. The van der Waals surface area contributed by atoms with E-state index in [1.165, 1.54) is 23.3 Å². The molecule has 2 aliphatic rings. The van der Waals surface area contributed by atoms with E-state index in [1.54, 1.807) is 48.8 Å². The van der Waals surface area contributed by atoms with Gasteiger partial charge in [0, 0.05) is 24.5 Å². The van der Waals surface area contributed by atoms with E-state index < -0.39 is 0 Å². The van der Waals surface area contributed by atoms with Crippen LogP contribution in [0, 0.1) is 22.7 Å². The van der Waals surface area contributed by atoms with E-state index in [1.807, 2.05) is 12.1 Å². The molecule has 8 rings (SSSR count). The molecule has 2 atom stereocenters. The summed E-state index contributed by atoms with van der Waals surface area (Å²) in [5.74, 6) is 1.31. The molecule has 0 N–H and O–H groups in total. The van der Waals surface area contributed by atoms with Crippen LogP contribution in [-0.4, -0.2) is 22.5 Å². The third-order valence-electron chi connectivity index (χ3n) is 10.4. The number of benzene rings is 4. The lowest BCUT2D eigenvalue weighted by Gasteiger charge is -2.20. The van der Waals surface area contributed by atoms with Gasteiger partial charge in [0.15, 0.2) is 12.6 Å². The van der Waals surface area contributed by atoms with Gasteiger partial charge in [-0.3, -0.25) is 19.6 Å². The maximum atomic E-state index is 11.9. The predicted octanol–water partition coefficient (Wildman–Crippen LogP) is 10.1. The Hall–Kier alpha value is -6.72. The minimum absolute atomic E-state index is 0.0128. The van der Waals surface area contributed by atoms with E-state index in [2.05, 4.69) is 46.4 Å². The van der Waals surface area contributed by atoms with Gasteiger partial charge in [0.25, 0.3) is 0 Å². The highest BCUT2D eigenvalue weighted by Gasteiger charge is 2.32. The van der Waals surface area contributed by atoms with Crippen molar-refractivity contribution < 1.29 is 28.5 Å². The number of fused-ring (bicyclic) bond motifs is 2. The van der Waals surface area contributed by atoms with Crippen LogP contribution in [0.15, 0.2) is 97.3 Å². The molecule has 2 aromatic heterocycles. The molecule has 0 fully saturated rings. The summed E-state index contributed by atoms with van der Waals surface area (Å²) in [5, 5.41) is 19.5. The van der Waals surface area contributed by atoms with Crippen LogP contribution in [0.5, 0.6) is 23.0 Å². The molecule has 0 saturated heterocycles. The molecule has 0 bridgehead atoms. The highest BCUT2D eigenvalue weighted by molar-refractivity contribution is 6.32. The normalized spacial score (nSPS) is 15.0. The molecule has 0 radical (unpaired) electrons. The van der Waals surface area contributed by atoms with Crippen molar-refractivity contribution in [1.29, 1.82) is 10.5 Å². The Morgan fingerprint density at radius 2 is 1.07 bits per heavy atom. The zero-order chi connectivity index (χ0) is 40.2. The van der Waals surface area contributed by atoms with E-state index in [4.69, 9.17) is 42.1 Å². The summed E-state index contributed by atoms with van der Waals surface area (Å²) < 4.78 is 25.1. The first kappa shape index (κ1) is 38.2. The standard InChI is InChI=1S/C46H32Cl2N4O6/c47-37-17-29(23-53)43(55-25-39-27(21-49)5-3-15-51-39)19-45(37)57-41-13-11-33-31(7-1-9-35(33)41)32-8-2-10-36-34(32)12-14-42(36)58-46-20-44(30(24-54)18-38(46)48)56-26-40-28(22-50)6-4-16-52-40/h1-10,15-20,23-24,41-42H,11-14,25-26H2/t41-,42-/m0/s1. The summed E-state index contributed by atoms with van der Waals surface area (Å²) in [6, 6.07) is 29.6. The fraction of sp³-hybridized carbons (Fsp3) is 0.174. The van der Waals surface area contributed by atoms with Crippen molar-refractivity contribution in [3.8, 4) is 46.3 Å². The Morgan fingerprint density at radius 3 is 1.48 bits per heavy atom. The summed E-state index contributed by atoms with van der Waals surface area (Å²) >= 11 is 13.3. The smallest absolute Gasteiger partial charge is 0.153 e. The van der Waals surface area contributed by atoms with Crippen molar-refractivity contribution in [1.82, 2.24) is 9.97 Å². The fourth-order valence-electron chi connectivity index (χ4n) is 7.61. The topological polar surface area (TPSA) is 144 Å². The van der Waals surface area contributed by atoms with Gasteiger partial charge in [0.2, 0.25) is 0 Å². The largest absolute Gasteiger partial charge is 0.486 e. The lowest BCUT2D eigenvalue weighted by Crippen LogP contribution is -2.07. The molecule has 2 heterocycles. The number of hydrogen-bond acceptors (Lipinski definition) is 10. The van der Waals surface area contributed by atoms with Gasteiger partial charge in [-0.25, -0.2) is 0 Å². The number of hydrogen-bond donors (Lipinski definition) is 0. The summed E-state index contributed by atoms with van der Waals surface area (Å²) in [6.07, 6.45) is 6.88. The zero-order valence-electron chi connectivity index (χ0n) is 30.8. The van der Waals surface area contributed by atoms with Gasteiger partial charge < -0.3 is 18.9 Å². The van der Waals surface area contributed by atoms with Gasteiger partial charge in [-0.15, -0.1) is 0 Å². The third kappa shape index (κ3) is 7.56. The summed E-state index contributed by atoms with van der Waals surface area (Å²) in [5.41, 5.74) is 8.88. The number of pyridine rings is 2. The second kappa shape index (κ2) is 16.8. The Labute approximate surface area is 344 Å². The molecule has 0 aliphatic heterocycles. The number of nitrogens with zero attached hydrogens (tertiary/aromatic N) is 4. The van der Waals surface area contributed by atoms with E-state index in [0.29, 0.717) is 59.4 Å². The average molecular weight is 808 g/mol. The third-order valence-corrected chi connectivity index (χ3v) is 11.0. The number of carbonyl (C=O) groups is 2. The maximum absolute atomic E-state index is 11.9. The van der Waals surface area contributed by atoms with E-state index >= 15 is 0 Å². The monoisotopic (exact) mass is 806 g/mol. The van der Waals surface area contributed by atoms with Crippen LogP contribution in [0.1, 0.15) is 90.5 Å². The second-order valence-corrected chi connectivity index (χ2v) is 14.5. The minimum Gasteiger partial charge on any atom is -0.486 e. The van der Waals surface area contributed by atoms with Gasteiger partial charge in [-0.1, -0.05) is 59.6 Å². The molecule has 0 saturated carbocycles. The Bertz CT molecular complexity index is 2490. The van der Waals surface area contributed by atoms with Crippen molar-refractivity contribution in [3.63, 3.8) is 0 Å². The lowest BCUT2D eigenvalue weighted by atomic mass is 9.91. The van der Waals surface area contributed by atoms with Crippen molar-refractivity contribution >= 4 is 35.8 Å². The van der Waals surface area contributed by atoms with Crippen LogP contribution in [0.3, 0.4) is 0 Å². The summed E-state index contributed by atoms with van der Waals surface area (Å²) in [4.78, 5) is 32.4. The van der Waals surface area contributed by atoms with Crippen LogP contribution in [0.25, 0.3) is 11.1 Å². The van der Waals surface area contributed by atoms with E-state index in [9.17, 15) is 20.1 Å². The van der Waals surface area contributed by atoms with Crippen LogP contribution < -0.4 is 18.9 Å². The van der Waals surface area contributed by atoms with Gasteiger partial charge in [0.05, 0.1) is 43.7 Å². The van der Waals surface area contributed by atoms with Crippen molar-refractivity contribution in [2.75, 3.05) is 0 Å². The van der Waals surface area contributed by atoms with Gasteiger partial charge in [-0.2, -0.15) is 10.5 Å². The molecule has 0 amide bonds. The molecule has 286 valence electrons. The molecule has 58 heavy (non-hydrogen) atoms.